The van der Waals surface area contributed by atoms with Gasteiger partial charge in [0.25, 0.3) is 5.69 Å². The fraction of sp³-hybridized carbons (Fsp3) is 0.154. The molecule has 2 aromatic rings. The molecule has 2 rings (SSSR count). The van der Waals surface area contributed by atoms with Gasteiger partial charge in [-0.15, -0.1) is 11.3 Å². The van der Waals surface area contributed by atoms with Crippen LogP contribution in [0.25, 0.3) is 12.2 Å². The van der Waals surface area contributed by atoms with E-state index in [1.54, 1.807) is 12.2 Å². The number of aromatic nitrogens is 1. The first-order valence-corrected chi connectivity index (χ1v) is 6.53. The van der Waals surface area contributed by atoms with Gasteiger partial charge in [-0.3, -0.25) is 10.1 Å². The van der Waals surface area contributed by atoms with E-state index in [9.17, 15) is 15.2 Å². The van der Waals surface area contributed by atoms with Gasteiger partial charge in [-0.25, -0.2) is 4.98 Å². The van der Waals surface area contributed by atoms with Gasteiger partial charge in [0.05, 0.1) is 12.0 Å². The maximum atomic E-state index is 11.7. The van der Waals surface area contributed by atoms with Gasteiger partial charge >= 0.3 is 0 Å². The van der Waals surface area contributed by atoms with Crippen molar-refractivity contribution in [1.29, 1.82) is 0 Å². The summed E-state index contributed by atoms with van der Waals surface area (Å²) >= 11 is 1.47. The van der Waals surface area contributed by atoms with Crippen LogP contribution in [0.3, 0.4) is 0 Å². The predicted molar refractivity (Wildman–Crippen MR) is 74.9 cm³/mol. The molecule has 1 heterocycles. The zero-order valence-electron chi connectivity index (χ0n) is 10.8. The third-order valence-electron chi connectivity index (χ3n) is 2.53. The first-order valence-electron chi connectivity index (χ1n) is 5.65. The molecule has 1 aromatic carbocycles. The fourth-order valence-corrected chi connectivity index (χ4v) is 2.30. The third-order valence-corrected chi connectivity index (χ3v) is 3.46. The minimum absolute atomic E-state index is 0.0471. The van der Waals surface area contributed by atoms with Crippen LogP contribution in [0.15, 0.2) is 17.5 Å². The van der Waals surface area contributed by atoms with Crippen molar-refractivity contribution in [1.82, 2.24) is 4.98 Å². The monoisotopic (exact) mass is 291 g/mol. The van der Waals surface area contributed by atoms with Crippen LogP contribution in [0.5, 0.6) is 11.5 Å². The molecule has 20 heavy (non-hydrogen) atoms. The lowest BCUT2D eigenvalue weighted by molar-refractivity contribution is -0.398. The van der Waals surface area contributed by atoms with Crippen LogP contribution in [-0.4, -0.2) is 17.0 Å². The summed E-state index contributed by atoms with van der Waals surface area (Å²) in [6.45, 7) is 1.88. The number of nitro benzene ring substituents is 1. The maximum absolute atomic E-state index is 11.7. The first kappa shape index (κ1) is 14.0. The molecule has 104 valence electrons. The number of ether oxygens (including phenoxy) is 1. The molecule has 7 heteroatoms. The van der Waals surface area contributed by atoms with Crippen molar-refractivity contribution in [3.05, 3.63) is 43.9 Å². The van der Waals surface area contributed by atoms with E-state index in [1.807, 2.05) is 12.3 Å². The normalized spacial score (nSPS) is 10.9. The van der Waals surface area contributed by atoms with Crippen molar-refractivity contribution in [2.24, 2.45) is 0 Å². The van der Waals surface area contributed by atoms with Crippen molar-refractivity contribution >= 4 is 29.2 Å². The molecule has 0 aliphatic carbocycles. The number of rotatable bonds is 4. The van der Waals surface area contributed by atoms with Crippen LogP contribution in [0.1, 0.15) is 16.3 Å². The van der Waals surface area contributed by atoms with Crippen LogP contribution < -0.4 is 9.84 Å². The minimum Gasteiger partial charge on any atom is -0.865 e. The highest BCUT2D eigenvalue weighted by molar-refractivity contribution is 7.10. The Kier molecular flexibility index (Phi) is 3.99. The van der Waals surface area contributed by atoms with Gasteiger partial charge in [0, 0.05) is 22.9 Å². The highest BCUT2D eigenvalue weighted by atomic mass is 32.1. The zero-order valence-corrected chi connectivity index (χ0v) is 11.6. The number of hydrogen-bond donors (Lipinski definition) is 0. The summed E-state index contributed by atoms with van der Waals surface area (Å²) < 4.78 is 4.87. The molecule has 0 aliphatic rings. The summed E-state index contributed by atoms with van der Waals surface area (Å²) in [6, 6.07) is 2.69. The lowest BCUT2D eigenvalue weighted by atomic mass is 10.1. The second kappa shape index (κ2) is 5.70. The highest BCUT2D eigenvalue weighted by Crippen LogP contribution is 2.35. The number of thiazole rings is 1. The van der Waals surface area contributed by atoms with E-state index in [0.717, 1.165) is 10.7 Å². The molecule has 0 amide bonds. The number of hydrogen-bond acceptors (Lipinski definition) is 6. The lowest BCUT2D eigenvalue weighted by Crippen LogP contribution is -2.01. The molecule has 0 saturated heterocycles. The average molecular weight is 291 g/mol. The van der Waals surface area contributed by atoms with Crippen molar-refractivity contribution < 1.29 is 14.8 Å². The summed E-state index contributed by atoms with van der Waals surface area (Å²) in [5, 5.41) is 25.2. The molecule has 0 N–H and O–H groups in total. The second-order valence-electron chi connectivity index (χ2n) is 3.99. The summed E-state index contributed by atoms with van der Waals surface area (Å²) in [7, 11) is 1.30. The van der Waals surface area contributed by atoms with E-state index in [-0.39, 0.29) is 5.75 Å². The van der Waals surface area contributed by atoms with E-state index < -0.39 is 16.4 Å². The molecular weight excluding hydrogens is 280 g/mol. The first-order chi connectivity index (χ1) is 9.51. The topological polar surface area (TPSA) is 88.3 Å². The third kappa shape index (κ3) is 2.94. The molecule has 0 bridgehead atoms. The van der Waals surface area contributed by atoms with Gasteiger partial charge in [-0.2, -0.15) is 0 Å². The molecule has 0 atom stereocenters. The summed E-state index contributed by atoms with van der Waals surface area (Å²) in [4.78, 5) is 14.4. The lowest BCUT2D eigenvalue weighted by Gasteiger charge is -2.13. The van der Waals surface area contributed by atoms with Crippen LogP contribution in [0.2, 0.25) is 0 Å². The van der Waals surface area contributed by atoms with Crippen LogP contribution in [-0.2, 0) is 0 Å². The molecule has 0 spiro atoms. The summed E-state index contributed by atoms with van der Waals surface area (Å²) in [5.74, 6) is -0.770. The molecule has 0 radical (unpaired) electrons. The SMILES string of the molecule is COc1cc(/C=C/c2nc(C)cs2)cc([N+](=O)[O-])c1[O-]. The second-order valence-corrected chi connectivity index (χ2v) is 4.88. The van der Waals surface area contributed by atoms with Crippen LogP contribution in [0.4, 0.5) is 5.69 Å². The quantitative estimate of drug-likeness (QED) is 0.638. The predicted octanol–water partition coefficient (Wildman–Crippen LogP) is 2.61. The Morgan fingerprint density at radius 3 is 2.70 bits per heavy atom. The van der Waals surface area contributed by atoms with Gasteiger partial charge in [-0.1, -0.05) is 6.08 Å². The van der Waals surface area contributed by atoms with Crippen molar-refractivity contribution in [3.8, 4) is 11.5 Å². The summed E-state index contributed by atoms with van der Waals surface area (Å²) in [5.41, 5.74) is 0.924. The van der Waals surface area contributed by atoms with E-state index in [4.69, 9.17) is 4.74 Å². The fourth-order valence-electron chi connectivity index (χ4n) is 1.61. The number of benzene rings is 1. The largest absolute Gasteiger partial charge is 0.865 e. The van der Waals surface area contributed by atoms with Gasteiger partial charge in [0.2, 0.25) is 0 Å². The number of aryl methyl sites for hydroxylation is 1. The molecule has 0 unspecified atom stereocenters. The number of nitrogens with zero attached hydrogens (tertiary/aromatic N) is 2. The highest BCUT2D eigenvalue weighted by Gasteiger charge is 2.12. The van der Waals surface area contributed by atoms with E-state index in [0.29, 0.717) is 5.56 Å². The number of methoxy groups -OCH3 is 1. The molecule has 0 aliphatic heterocycles. The van der Waals surface area contributed by atoms with Gasteiger partial charge in [-0.05, 0) is 24.6 Å². The standard InChI is InChI=1S/C13H12N2O4S/c1-8-7-20-12(14-8)4-3-9-5-10(15(17)18)13(16)11(6-9)19-2/h3-7,16H,1-2H3/p-1/b4-3+. The van der Waals surface area contributed by atoms with E-state index >= 15 is 0 Å². The van der Waals surface area contributed by atoms with Gasteiger partial charge < -0.3 is 9.84 Å². The zero-order chi connectivity index (χ0) is 14.7. The van der Waals surface area contributed by atoms with Crippen molar-refractivity contribution in [2.75, 3.05) is 7.11 Å². The molecule has 6 nitrogen and oxygen atoms in total. The Morgan fingerprint density at radius 1 is 1.40 bits per heavy atom. The molecule has 0 fully saturated rings. The minimum atomic E-state index is -0.722. The maximum Gasteiger partial charge on any atom is 0.266 e. The van der Waals surface area contributed by atoms with Gasteiger partial charge in [0.1, 0.15) is 10.8 Å². The van der Waals surface area contributed by atoms with Crippen LogP contribution >= 0.6 is 11.3 Å². The molecule has 0 saturated carbocycles. The molecule has 1 aromatic heterocycles. The van der Waals surface area contributed by atoms with Crippen LogP contribution in [0, 0.1) is 17.0 Å². The number of nitro groups is 1. The van der Waals surface area contributed by atoms with Gasteiger partial charge in [0.15, 0.2) is 0 Å². The van der Waals surface area contributed by atoms with Crippen molar-refractivity contribution in [2.45, 2.75) is 6.92 Å². The van der Waals surface area contributed by atoms with E-state index in [2.05, 4.69) is 4.98 Å². The smallest absolute Gasteiger partial charge is 0.266 e. The molecular formula is C13H11N2O4S-. The Bertz CT molecular complexity index is 679. The Hall–Kier alpha value is -2.41. The average Bonchev–Trinajstić information content (AvgIpc) is 2.83. The Morgan fingerprint density at radius 2 is 2.15 bits per heavy atom. The van der Waals surface area contributed by atoms with E-state index in [1.165, 1.54) is 30.6 Å². The Balaban J connectivity index is 2.39. The summed E-state index contributed by atoms with van der Waals surface area (Å²) in [6.07, 6.45) is 3.40. The van der Waals surface area contributed by atoms with Crippen molar-refractivity contribution in [3.63, 3.8) is 0 Å². The Labute approximate surface area is 119 Å².